The number of amides is 4. The van der Waals surface area contributed by atoms with Crippen molar-refractivity contribution in [1.82, 2.24) is 15.5 Å². The van der Waals surface area contributed by atoms with Gasteiger partial charge in [0.25, 0.3) is 5.91 Å². The molecule has 2 aromatic carbocycles. The lowest BCUT2D eigenvalue weighted by Gasteiger charge is -2.27. The summed E-state index contributed by atoms with van der Waals surface area (Å²) in [4.78, 5) is 39.1. The molecule has 2 N–H and O–H groups in total. The molecule has 7 heteroatoms. The van der Waals surface area contributed by atoms with Crippen LogP contribution >= 0.6 is 11.6 Å². The van der Waals surface area contributed by atoms with Gasteiger partial charge in [0.2, 0.25) is 5.91 Å². The summed E-state index contributed by atoms with van der Waals surface area (Å²) >= 11 is 5.92. The third-order valence-corrected chi connectivity index (χ3v) is 5.95. The molecule has 2 atom stereocenters. The highest BCUT2D eigenvalue weighted by molar-refractivity contribution is 6.30. The minimum Gasteiger partial charge on any atom is -0.348 e. The van der Waals surface area contributed by atoms with E-state index in [4.69, 9.17) is 11.6 Å². The van der Waals surface area contributed by atoms with Crippen molar-refractivity contribution in [2.45, 2.75) is 37.8 Å². The first-order valence-corrected chi connectivity index (χ1v) is 10.0. The zero-order valence-electron chi connectivity index (χ0n) is 16.1. The van der Waals surface area contributed by atoms with Crippen LogP contribution in [0.15, 0.2) is 48.5 Å². The van der Waals surface area contributed by atoms with Crippen LogP contribution < -0.4 is 10.6 Å². The number of nitrogens with one attached hydrogen (secondary N) is 2. The summed E-state index contributed by atoms with van der Waals surface area (Å²) in [5.74, 6) is -0.806. The van der Waals surface area contributed by atoms with Crippen molar-refractivity contribution < 1.29 is 14.4 Å². The standard InChI is InChI=1S/C22H22ClN3O3/c1-22(15-9-11-16(23)12-10-15)20(28)26(21(29)25-22)13-19(27)24-18-8-4-6-14-5-2-3-7-17(14)18/h2-3,5,7,9-12,18H,4,6,8,13H2,1H3,(H,24,27)(H,25,29)/t18-,22-/m0/s1. The first-order chi connectivity index (χ1) is 13.9. The largest absolute Gasteiger partial charge is 0.348 e. The first-order valence-electron chi connectivity index (χ1n) is 9.66. The smallest absolute Gasteiger partial charge is 0.325 e. The molecule has 1 aliphatic carbocycles. The Morgan fingerprint density at radius 2 is 1.93 bits per heavy atom. The number of rotatable bonds is 4. The average molecular weight is 412 g/mol. The van der Waals surface area contributed by atoms with Gasteiger partial charge in [-0.15, -0.1) is 0 Å². The lowest BCUT2D eigenvalue weighted by atomic mass is 9.88. The molecule has 150 valence electrons. The molecular formula is C22H22ClN3O3. The Kier molecular flexibility index (Phi) is 5.04. The van der Waals surface area contributed by atoms with Crippen LogP contribution in [0.2, 0.25) is 5.02 Å². The number of carbonyl (C=O) groups is 3. The van der Waals surface area contributed by atoms with E-state index in [-0.39, 0.29) is 18.5 Å². The molecule has 0 bridgehead atoms. The summed E-state index contributed by atoms with van der Waals surface area (Å²) in [6, 6.07) is 14.1. The van der Waals surface area contributed by atoms with Gasteiger partial charge < -0.3 is 10.6 Å². The molecule has 2 aliphatic rings. The molecule has 1 fully saturated rings. The number of halogens is 1. The quantitative estimate of drug-likeness (QED) is 0.757. The Balaban J connectivity index is 1.47. The van der Waals surface area contributed by atoms with E-state index in [1.807, 2.05) is 18.2 Å². The van der Waals surface area contributed by atoms with E-state index in [1.165, 1.54) is 5.56 Å². The highest BCUT2D eigenvalue weighted by Crippen LogP contribution is 2.31. The molecule has 1 aliphatic heterocycles. The van der Waals surface area contributed by atoms with Gasteiger partial charge in [-0.25, -0.2) is 4.79 Å². The minimum absolute atomic E-state index is 0.101. The molecule has 1 saturated heterocycles. The molecule has 0 unspecified atom stereocenters. The zero-order chi connectivity index (χ0) is 20.6. The molecule has 1 heterocycles. The van der Waals surface area contributed by atoms with Gasteiger partial charge in [-0.2, -0.15) is 0 Å². The van der Waals surface area contributed by atoms with E-state index >= 15 is 0 Å². The van der Waals surface area contributed by atoms with Gasteiger partial charge in [0.05, 0.1) is 6.04 Å². The Hall–Kier alpha value is -2.86. The van der Waals surface area contributed by atoms with Crippen LogP contribution in [0, 0.1) is 0 Å². The summed E-state index contributed by atoms with van der Waals surface area (Å²) in [5, 5.41) is 6.23. The maximum atomic E-state index is 13.0. The highest BCUT2D eigenvalue weighted by Gasteiger charge is 2.49. The van der Waals surface area contributed by atoms with E-state index in [9.17, 15) is 14.4 Å². The second-order valence-corrected chi connectivity index (χ2v) is 8.10. The number of fused-ring (bicyclic) bond motifs is 1. The maximum Gasteiger partial charge on any atom is 0.325 e. The van der Waals surface area contributed by atoms with Crippen molar-refractivity contribution in [3.8, 4) is 0 Å². The topological polar surface area (TPSA) is 78.5 Å². The van der Waals surface area contributed by atoms with Crippen molar-refractivity contribution in [3.63, 3.8) is 0 Å². The normalized spacial score (nSPS) is 23.5. The fourth-order valence-electron chi connectivity index (χ4n) is 4.11. The third-order valence-electron chi connectivity index (χ3n) is 5.70. The van der Waals surface area contributed by atoms with Crippen molar-refractivity contribution in [2.75, 3.05) is 6.54 Å². The molecule has 0 radical (unpaired) electrons. The Morgan fingerprint density at radius 1 is 1.21 bits per heavy atom. The Labute approximate surface area is 174 Å². The molecule has 6 nitrogen and oxygen atoms in total. The molecule has 0 aromatic heterocycles. The van der Waals surface area contributed by atoms with Gasteiger partial charge >= 0.3 is 6.03 Å². The second kappa shape index (κ2) is 7.52. The zero-order valence-corrected chi connectivity index (χ0v) is 16.8. The van der Waals surface area contributed by atoms with Crippen LogP contribution in [0.4, 0.5) is 4.79 Å². The maximum absolute atomic E-state index is 13.0. The predicted molar refractivity (Wildman–Crippen MR) is 109 cm³/mol. The number of carbonyl (C=O) groups excluding carboxylic acids is 3. The van der Waals surface area contributed by atoms with E-state index in [1.54, 1.807) is 31.2 Å². The molecule has 0 spiro atoms. The number of benzene rings is 2. The van der Waals surface area contributed by atoms with Crippen molar-refractivity contribution >= 4 is 29.4 Å². The van der Waals surface area contributed by atoms with Gasteiger partial charge in [-0.1, -0.05) is 48.0 Å². The van der Waals surface area contributed by atoms with Gasteiger partial charge in [-0.3, -0.25) is 14.5 Å². The van der Waals surface area contributed by atoms with Gasteiger partial charge in [0.15, 0.2) is 0 Å². The molecule has 0 saturated carbocycles. The Bertz CT molecular complexity index is 976. The highest BCUT2D eigenvalue weighted by atomic mass is 35.5. The number of imide groups is 1. The van der Waals surface area contributed by atoms with E-state index in [0.717, 1.165) is 29.7 Å². The average Bonchev–Trinajstić information content (AvgIpc) is 2.92. The lowest BCUT2D eigenvalue weighted by molar-refractivity contribution is -0.135. The number of hydrogen-bond donors (Lipinski definition) is 2. The number of urea groups is 1. The monoisotopic (exact) mass is 411 g/mol. The predicted octanol–water partition coefficient (Wildman–Crippen LogP) is 3.30. The van der Waals surface area contributed by atoms with Crippen LogP contribution in [0.3, 0.4) is 0 Å². The van der Waals surface area contributed by atoms with Crippen LogP contribution in [0.1, 0.15) is 42.5 Å². The molecule has 29 heavy (non-hydrogen) atoms. The SMILES string of the molecule is C[C@@]1(c2ccc(Cl)cc2)NC(=O)N(CC(=O)N[C@H]2CCCc3ccccc32)C1=O. The van der Waals surface area contributed by atoms with Gasteiger partial charge in [-0.05, 0) is 55.0 Å². The van der Waals surface area contributed by atoms with Crippen LogP contribution in [-0.4, -0.2) is 29.3 Å². The third kappa shape index (κ3) is 3.60. The van der Waals surface area contributed by atoms with Crippen LogP contribution in [0.25, 0.3) is 0 Å². The van der Waals surface area contributed by atoms with Crippen LogP contribution in [-0.2, 0) is 21.5 Å². The lowest BCUT2D eigenvalue weighted by Crippen LogP contribution is -2.44. The van der Waals surface area contributed by atoms with Crippen molar-refractivity contribution in [2.24, 2.45) is 0 Å². The minimum atomic E-state index is -1.22. The summed E-state index contributed by atoms with van der Waals surface area (Å²) in [7, 11) is 0. The van der Waals surface area contributed by atoms with Crippen molar-refractivity contribution in [1.29, 1.82) is 0 Å². The molecule has 4 amide bonds. The van der Waals surface area contributed by atoms with Crippen LogP contribution in [0.5, 0.6) is 0 Å². The van der Waals surface area contributed by atoms with Gasteiger partial charge in [0, 0.05) is 5.02 Å². The van der Waals surface area contributed by atoms with E-state index in [2.05, 4.69) is 16.7 Å². The fourth-order valence-corrected chi connectivity index (χ4v) is 4.23. The van der Waals surface area contributed by atoms with Gasteiger partial charge in [0.1, 0.15) is 12.1 Å². The molecular weight excluding hydrogens is 390 g/mol. The first kappa shape index (κ1) is 19.5. The summed E-state index contributed by atoms with van der Waals surface area (Å²) in [6.45, 7) is 1.32. The van der Waals surface area contributed by atoms with E-state index in [0.29, 0.717) is 10.6 Å². The fraction of sp³-hybridized carbons (Fsp3) is 0.318. The number of nitrogens with zero attached hydrogens (tertiary/aromatic N) is 1. The Morgan fingerprint density at radius 3 is 2.69 bits per heavy atom. The number of aryl methyl sites for hydroxylation is 1. The summed E-state index contributed by atoms with van der Waals surface area (Å²) in [6.07, 6.45) is 2.82. The summed E-state index contributed by atoms with van der Waals surface area (Å²) in [5.41, 5.74) is 1.73. The van der Waals surface area contributed by atoms with Crippen molar-refractivity contribution in [3.05, 3.63) is 70.2 Å². The number of hydrogen-bond acceptors (Lipinski definition) is 3. The second-order valence-electron chi connectivity index (χ2n) is 7.66. The summed E-state index contributed by atoms with van der Waals surface area (Å²) < 4.78 is 0. The molecule has 4 rings (SSSR count). The molecule has 2 aromatic rings. The van der Waals surface area contributed by atoms with E-state index < -0.39 is 17.5 Å².